The Morgan fingerprint density at radius 2 is 2.00 bits per heavy atom. The maximum absolute atomic E-state index is 10.8. The number of halogens is 2. The van der Waals surface area contributed by atoms with Gasteiger partial charge in [0.1, 0.15) is 5.82 Å². The SMILES string of the molecule is O[C@@H]1c2cc(Cl)ccc2C[C@@H]1N1CCc2nc(-c3ccccc3Cl)[nH]c2C1. The molecular formula is C21H19Cl2N3O. The van der Waals surface area contributed by atoms with Crippen LogP contribution in [0.5, 0.6) is 0 Å². The molecule has 0 radical (unpaired) electrons. The number of benzene rings is 2. The summed E-state index contributed by atoms with van der Waals surface area (Å²) in [4.78, 5) is 10.6. The largest absolute Gasteiger partial charge is 0.387 e. The van der Waals surface area contributed by atoms with Gasteiger partial charge in [-0.3, -0.25) is 4.90 Å². The van der Waals surface area contributed by atoms with Gasteiger partial charge in [0.25, 0.3) is 0 Å². The van der Waals surface area contributed by atoms with Crippen molar-refractivity contribution in [3.8, 4) is 11.4 Å². The van der Waals surface area contributed by atoms with Crippen LogP contribution in [0.15, 0.2) is 42.5 Å². The summed E-state index contributed by atoms with van der Waals surface area (Å²) >= 11 is 12.4. The summed E-state index contributed by atoms with van der Waals surface area (Å²) in [5.41, 5.74) is 5.26. The number of hydrogen-bond donors (Lipinski definition) is 2. The minimum Gasteiger partial charge on any atom is -0.387 e. The number of aliphatic hydroxyl groups is 1. The highest BCUT2D eigenvalue weighted by Crippen LogP contribution is 2.38. The van der Waals surface area contributed by atoms with Crippen molar-refractivity contribution in [1.82, 2.24) is 14.9 Å². The maximum Gasteiger partial charge on any atom is 0.139 e. The third-order valence-corrected chi connectivity index (χ3v) is 6.24. The first-order valence-electron chi connectivity index (χ1n) is 9.13. The lowest BCUT2D eigenvalue weighted by Crippen LogP contribution is -2.41. The number of rotatable bonds is 2. The summed E-state index contributed by atoms with van der Waals surface area (Å²) in [5.74, 6) is 0.814. The van der Waals surface area contributed by atoms with Gasteiger partial charge in [0.2, 0.25) is 0 Å². The smallest absolute Gasteiger partial charge is 0.139 e. The molecule has 0 fully saturated rings. The van der Waals surface area contributed by atoms with Crippen LogP contribution in [0.2, 0.25) is 10.0 Å². The minimum atomic E-state index is -0.508. The fourth-order valence-corrected chi connectivity index (χ4v) is 4.68. The van der Waals surface area contributed by atoms with Gasteiger partial charge in [-0.15, -0.1) is 0 Å². The Bertz CT molecular complexity index is 1020. The number of aromatic nitrogens is 2. The van der Waals surface area contributed by atoms with Crippen LogP contribution in [-0.2, 0) is 19.4 Å². The van der Waals surface area contributed by atoms with Crippen molar-refractivity contribution in [3.05, 3.63) is 75.0 Å². The Morgan fingerprint density at radius 3 is 2.85 bits per heavy atom. The van der Waals surface area contributed by atoms with E-state index in [1.165, 1.54) is 5.56 Å². The predicted molar refractivity (Wildman–Crippen MR) is 107 cm³/mol. The van der Waals surface area contributed by atoms with E-state index in [2.05, 4.69) is 9.88 Å². The number of H-pyrrole nitrogens is 1. The second-order valence-electron chi connectivity index (χ2n) is 7.27. The van der Waals surface area contributed by atoms with Crippen molar-refractivity contribution < 1.29 is 5.11 Å². The lowest BCUT2D eigenvalue weighted by Gasteiger charge is -2.33. The Balaban J connectivity index is 1.40. The van der Waals surface area contributed by atoms with Gasteiger partial charge in [-0.2, -0.15) is 0 Å². The summed E-state index contributed by atoms with van der Waals surface area (Å²) in [6, 6.07) is 13.6. The number of nitrogens with zero attached hydrogens (tertiary/aromatic N) is 2. The molecular weight excluding hydrogens is 381 g/mol. The molecule has 5 rings (SSSR count). The molecule has 0 bridgehead atoms. The normalized spacial score (nSPS) is 21.9. The van der Waals surface area contributed by atoms with Crippen molar-refractivity contribution in [2.75, 3.05) is 6.54 Å². The maximum atomic E-state index is 10.8. The molecule has 0 spiro atoms. The molecule has 138 valence electrons. The van der Waals surface area contributed by atoms with Gasteiger partial charge in [0.15, 0.2) is 0 Å². The van der Waals surface area contributed by atoms with Gasteiger partial charge in [0.05, 0.1) is 22.5 Å². The predicted octanol–water partition coefficient (Wildman–Crippen LogP) is 4.40. The molecule has 2 aromatic carbocycles. The highest BCUT2D eigenvalue weighted by atomic mass is 35.5. The van der Waals surface area contributed by atoms with Crippen LogP contribution < -0.4 is 0 Å². The first kappa shape index (κ1) is 17.3. The fraction of sp³-hybridized carbons (Fsp3) is 0.286. The molecule has 2 N–H and O–H groups in total. The summed E-state index contributed by atoms with van der Waals surface area (Å²) < 4.78 is 0. The third-order valence-electron chi connectivity index (χ3n) is 5.68. The molecule has 0 saturated carbocycles. The molecule has 0 amide bonds. The Hall–Kier alpha value is -1.85. The lowest BCUT2D eigenvalue weighted by molar-refractivity contribution is 0.0517. The van der Waals surface area contributed by atoms with Crippen LogP contribution in [0.4, 0.5) is 0 Å². The van der Waals surface area contributed by atoms with E-state index in [1.54, 1.807) is 0 Å². The number of nitrogens with one attached hydrogen (secondary N) is 1. The summed E-state index contributed by atoms with van der Waals surface area (Å²) in [6.07, 6.45) is 1.19. The molecule has 0 saturated heterocycles. The lowest BCUT2D eigenvalue weighted by atomic mass is 10.1. The molecule has 27 heavy (non-hydrogen) atoms. The van der Waals surface area contributed by atoms with E-state index >= 15 is 0 Å². The topological polar surface area (TPSA) is 52.1 Å². The zero-order valence-corrected chi connectivity index (χ0v) is 16.1. The average molecular weight is 400 g/mol. The van der Waals surface area contributed by atoms with Gasteiger partial charge in [-0.25, -0.2) is 4.98 Å². The number of fused-ring (bicyclic) bond motifs is 2. The Labute approximate surface area is 167 Å². The van der Waals surface area contributed by atoms with E-state index in [0.717, 1.165) is 54.3 Å². The van der Waals surface area contributed by atoms with E-state index in [4.69, 9.17) is 28.2 Å². The molecule has 2 atom stereocenters. The third kappa shape index (κ3) is 2.97. The fourth-order valence-electron chi connectivity index (χ4n) is 4.28. The van der Waals surface area contributed by atoms with Gasteiger partial charge in [0, 0.05) is 36.1 Å². The second-order valence-corrected chi connectivity index (χ2v) is 8.11. The van der Waals surface area contributed by atoms with Crippen LogP contribution >= 0.6 is 23.2 Å². The van der Waals surface area contributed by atoms with E-state index in [1.807, 2.05) is 42.5 Å². The zero-order valence-electron chi connectivity index (χ0n) is 14.6. The molecule has 4 nitrogen and oxygen atoms in total. The molecule has 1 aliphatic carbocycles. The monoisotopic (exact) mass is 399 g/mol. The van der Waals surface area contributed by atoms with Crippen molar-refractivity contribution >= 4 is 23.2 Å². The van der Waals surface area contributed by atoms with Crippen molar-refractivity contribution in [1.29, 1.82) is 0 Å². The van der Waals surface area contributed by atoms with Crippen LogP contribution in [0, 0.1) is 0 Å². The molecule has 1 aliphatic heterocycles. The van der Waals surface area contributed by atoms with Crippen LogP contribution in [-0.4, -0.2) is 32.6 Å². The highest BCUT2D eigenvalue weighted by molar-refractivity contribution is 6.33. The zero-order chi connectivity index (χ0) is 18.5. The highest BCUT2D eigenvalue weighted by Gasteiger charge is 2.37. The van der Waals surface area contributed by atoms with Gasteiger partial charge >= 0.3 is 0 Å². The summed E-state index contributed by atoms with van der Waals surface area (Å²) in [7, 11) is 0. The Kier molecular flexibility index (Phi) is 4.25. The van der Waals surface area contributed by atoms with Gasteiger partial charge in [-0.1, -0.05) is 41.4 Å². The van der Waals surface area contributed by atoms with E-state index in [-0.39, 0.29) is 6.04 Å². The number of aliphatic hydroxyl groups excluding tert-OH is 1. The number of aromatic amines is 1. The van der Waals surface area contributed by atoms with Crippen molar-refractivity contribution in [3.63, 3.8) is 0 Å². The van der Waals surface area contributed by atoms with Crippen molar-refractivity contribution in [2.45, 2.75) is 31.5 Å². The molecule has 3 aromatic rings. The number of imidazole rings is 1. The standard InChI is InChI=1S/C21H19Cl2N3O/c22-13-6-5-12-9-19(20(27)15(12)10-13)26-8-7-17-18(11-26)25-21(24-17)14-3-1-2-4-16(14)23/h1-6,10,19-20,27H,7-9,11H2,(H,24,25)/t19-,20+/m0/s1. The second kappa shape index (κ2) is 6.64. The minimum absolute atomic E-state index is 0.0682. The molecule has 1 aromatic heterocycles. The first-order chi connectivity index (χ1) is 13.1. The first-order valence-corrected chi connectivity index (χ1v) is 9.89. The summed E-state index contributed by atoms with van der Waals surface area (Å²) in [6.45, 7) is 1.62. The molecule has 2 aliphatic rings. The van der Waals surface area contributed by atoms with Gasteiger partial charge in [-0.05, 0) is 41.8 Å². The summed E-state index contributed by atoms with van der Waals surface area (Å²) in [5, 5.41) is 12.2. The van der Waals surface area contributed by atoms with Crippen LogP contribution in [0.1, 0.15) is 28.6 Å². The average Bonchev–Trinajstić information content (AvgIpc) is 3.23. The van der Waals surface area contributed by atoms with Gasteiger partial charge < -0.3 is 10.1 Å². The Morgan fingerprint density at radius 1 is 1.15 bits per heavy atom. The van der Waals surface area contributed by atoms with Crippen LogP contribution in [0.3, 0.4) is 0 Å². The van der Waals surface area contributed by atoms with Crippen LogP contribution in [0.25, 0.3) is 11.4 Å². The van der Waals surface area contributed by atoms with Crippen molar-refractivity contribution in [2.24, 2.45) is 0 Å². The molecule has 2 heterocycles. The van der Waals surface area contributed by atoms with E-state index < -0.39 is 6.10 Å². The molecule has 0 unspecified atom stereocenters. The van der Waals surface area contributed by atoms with E-state index in [9.17, 15) is 5.11 Å². The number of hydrogen-bond acceptors (Lipinski definition) is 3. The quantitative estimate of drug-likeness (QED) is 0.671. The van der Waals surface area contributed by atoms with E-state index in [0.29, 0.717) is 10.0 Å². The molecule has 6 heteroatoms.